The molecule has 116 valence electrons. The third-order valence-electron chi connectivity index (χ3n) is 2.85. The van der Waals surface area contributed by atoms with Crippen LogP contribution in [0.5, 0.6) is 0 Å². The molecule has 0 unspecified atom stereocenters. The van der Waals surface area contributed by atoms with Gasteiger partial charge < -0.3 is 15.0 Å². The molecule has 2 heterocycles. The van der Waals surface area contributed by atoms with Gasteiger partial charge in [-0.15, -0.1) is 23.1 Å². The predicted octanol–water partition coefficient (Wildman–Crippen LogP) is 1.02. The first kappa shape index (κ1) is 16.3. The molecule has 0 spiro atoms. The fourth-order valence-corrected chi connectivity index (χ4v) is 3.34. The zero-order valence-electron chi connectivity index (χ0n) is 11.7. The number of nitrogens with one attached hydrogen (secondary N) is 1. The largest absolute Gasteiger partial charge is 0.451 e. The number of hydrogen-bond acceptors (Lipinski definition) is 7. The maximum atomic E-state index is 11.9. The molecular weight excluding hydrogens is 326 g/mol. The van der Waals surface area contributed by atoms with Crippen LogP contribution in [0.4, 0.5) is 5.00 Å². The molecule has 1 aliphatic heterocycles. The molecule has 1 saturated heterocycles. The van der Waals surface area contributed by atoms with Gasteiger partial charge in [0, 0.05) is 0 Å². The summed E-state index contributed by atoms with van der Waals surface area (Å²) < 4.78 is 5.01. The van der Waals surface area contributed by atoms with E-state index in [1.54, 1.807) is 11.4 Å². The molecule has 0 bridgehead atoms. The summed E-state index contributed by atoms with van der Waals surface area (Å²) in [6.45, 7) is 1.28. The molecule has 22 heavy (non-hydrogen) atoms. The highest BCUT2D eigenvalue weighted by atomic mass is 32.2. The minimum Gasteiger partial charge on any atom is -0.451 e. The lowest BCUT2D eigenvalue weighted by molar-refractivity contribution is -0.155. The van der Waals surface area contributed by atoms with Gasteiger partial charge in [0.25, 0.3) is 5.91 Å². The topological polar surface area (TPSA) is 99.5 Å². The van der Waals surface area contributed by atoms with Gasteiger partial charge >= 0.3 is 5.97 Å². The molecule has 1 aromatic heterocycles. The molecule has 0 radical (unpaired) electrons. The number of anilines is 1. The highest BCUT2D eigenvalue weighted by Gasteiger charge is 2.26. The summed E-state index contributed by atoms with van der Waals surface area (Å²) in [4.78, 5) is 36.4. The third-order valence-corrected chi connectivity index (χ3v) is 4.62. The van der Waals surface area contributed by atoms with Gasteiger partial charge in [0.15, 0.2) is 6.10 Å². The van der Waals surface area contributed by atoms with Crippen molar-refractivity contribution in [3.63, 3.8) is 0 Å². The number of thioether (sulfide) groups is 1. The Kier molecular flexibility index (Phi) is 5.41. The number of nitrogens with zero attached hydrogens (tertiary/aromatic N) is 2. The summed E-state index contributed by atoms with van der Waals surface area (Å²) in [5, 5.41) is 13.5. The van der Waals surface area contributed by atoms with Gasteiger partial charge in [-0.25, -0.2) is 0 Å². The first-order valence-electron chi connectivity index (χ1n) is 6.34. The monoisotopic (exact) mass is 339 g/mol. The summed E-state index contributed by atoms with van der Waals surface area (Å²) in [5.74, 6) is -0.454. The second-order valence-corrected chi connectivity index (χ2v) is 6.34. The summed E-state index contributed by atoms with van der Waals surface area (Å²) in [6.07, 6.45) is -1.01. The van der Waals surface area contributed by atoms with Gasteiger partial charge in [-0.2, -0.15) is 5.26 Å². The Bertz CT molecular complexity index is 637. The number of amides is 2. The Morgan fingerprint density at radius 1 is 1.59 bits per heavy atom. The van der Waals surface area contributed by atoms with Crippen LogP contribution in [0.25, 0.3) is 0 Å². The maximum Gasteiger partial charge on any atom is 0.326 e. The van der Waals surface area contributed by atoms with Crippen LogP contribution >= 0.6 is 23.1 Å². The van der Waals surface area contributed by atoms with Crippen LogP contribution in [0.2, 0.25) is 0 Å². The average Bonchev–Trinajstić information content (AvgIpc) is 3.08. The number of thiophene rings is 1. The molecule has 1 N–H and O–H groups in total. The Morgan fingerprint density at radius 3 is 3.00 bits per heavy atom. The van der Waals surface area contributed by atoms with Crippen molar-refractivity contribution in [2.45, 2.75) is 13.0 Å². The zero-order valence-corrected chi connectivity index (χ0v) is 13.3. The molecule has 0 saturated carbocycles. The Labute approximate surface area is 135 Å². The number of carbonyl (C=O) groups is 3. The number of ether oxygens (including phenoxy) is 1. The van der Waals surface area contributed by atoms with Crippen molar-refractivity contribution in [3.05, 3.63) is 17.0 Å². The lowest BCUT2D eigenvalue weighted by Crippen LogP contribution is -2.36. The third kappa shape index (κ3) is 3.99. The number of rotatable bonds is 5. The molecule has 0 aromatic carbocycles. The van der Waals surface area contributed by atoms with E-state index in [0.29, 0.717) is 22.2 Å². The van der Waals surface area contributed by atoms with Crippen LogP contribution in [0.1, 0.15) is 12.5 Å². The van der Waals surface area contributed by atoms with E-state index in [4.69, 9.17) is 10.00 Å². The Morgan fingerprint density at radius 2 is 2.36 bits per heavy atom. The van der Waals surface area contributed by atoms with E-state index in [9.17, 15) is 14.4 Å². The molecule has 7 nitrogen and oxygen atoms in total. The Balaban J connectivity index is 1.84. The van der Waals surface area contributed by atoms with E-state index in [-0.39, 0.29) is 12.5 Å². The summed E-state index contributed by atoms with van der Waals surface area (Å²) in [7, 11) is 0. The van der Waals surface area contributed by atoms with Crippen molar-refractivity contribution < 1.29 is 19.1 Å². The molecule has 9 heteroatoms. The van der Waals surface area contributed by atoms with Crippen molar-refractivity contribution in [1.29, 1.82) is 5.26 Å². The highest BCUT2D eigenvalue weighted by molar-refractivity contribution is 8.00. The maximum absolute atomic E-state index is 11.9. The summed E-state index contributed by atoms with van der Waals surface area (Å²) in [6, 6.07) is 3.55. The molecule has 1 atom stereocenters. The second kappa shape index (κ2) is 7.29. The van der Waals surface area contributed by atoms with Gasteiger partial charge in [-0.1, -0.05) is 0 Å². The minimum atomic E-state index is -1.01. The van der Waals surface area contributed by atoms with Crippen LogP contribution in [0.15, 0.2) is 11.4 Å². The van der Waals surface area contributed by atoms with Crippen LogP contribution in [-0.2, 0) is 19.1 Å². The lowest BCUT2D eigenvalue weighted by atomic mass is 10.3. The molecule has 2 rings (SSSR count). The molecule has 1 aromatic rings. The van der Waals surface area contributed by atoms with Crippen LogP contribution < -0.4 is 5.32 Å². The van der Waals surface area contributed by atoms with Crippen molar-refractivity contribution in [2.75, 3.05) is 23.5 Å². The minimum absolute atomic E-state index is 0.115. The predicted molar refractivity (Wildman–Crippen MR) is 82.3 cm³/mol. The van der Waals surface area contributed by atoms with E-state index in [1.165, 1.54) is 34.9 Å². The van der Waals surface area contributed by atoms with Crippen molar-refractivity contribution in [1.82, 2.24) is 4.90 Å². The van der Waals surface area contributed by atoms with Crippen LogP contribution in [0.3, 0.4) is 0 Å². The second-order valence-electron chi connectivity index (χ2n) is 4.47. The molecular formula is C13H13N3O4S2. The fraction of sp³-hybridized carbons (Fsp3) is 0.385. The number of hydrogen-bond donors (Lipinski definition) is 1. The van der Waals surface area contributed by atoms with Gasteiger partial charge in [0.1, 0.15) is 17.6 Å². The smallest absolute Gasteiger partial charge is 0.326 e. The quantitative estimate of drug-likeness (QED) is 0.804. The van der Waals surface area contributed by atoms with Gasteiger partial charge in [0.05, 0.1) is 17.2 Å². The fourth-order valence-electron chi connectivity index (χ4n) is 1.69. The molecule has 0 aliphatic carbocycles. The highest BCUT2D eigenvalue weighted by Crippen LogP contribution is 2.22. The average molecular weight is 339 g/mol. The standard InChI is InChI=1S/C13H13N3O4S2/c1-8(12(19)15-13-9(4-14)2-3-22-13)20-11(18)5-16-7-21-6-10(16)17/h2-3,8H,5-7H2,1H3,(H,15,19)/t8-/m1/s1. The van der Waals surface area contributed by atoms with Crippen molar-refractivity contribution in [2.24, 2.45) is 0 Å². The van der Waals surface area contributed by atoms with Gasteiger partial charge in [-0.3, -0.25) is 14.4 Å². The van der Waals surface area contributed by atoms with Gasteiger partial charge in [0.2, 0.25) is 5.91 Å². The van der Waals surface area contributed by atoms with E-state index in [1.807, 2.05) is 6.07 Å². The van der Waals surface area contributed by atoms with E-state index in [2.05, 4.69) is 5.32 Å². The lowest BCUT2D eigenvalue weighted by Gasteiger charge is -2.16. The summed E-state index contributed by atoms with van der Waals surface area (Å²) >= 11 is 2.64. The SMILES string of the molecule is C[C@@H](OC(=O)CN1CSCC1=O)C(=O)Nc1sccc1C#N. The van der Waals surface area contributed by atoms with Crippen LogP contribution in [-0.4, -0.2) is 47.0 Å². The number of carbonyl (C=O) groups excluding carboxylic acids is 3. The van der Waals surface area contributed by atoms with E-state index < -0.39 is 18.0 Å². The van der Waals surface area contributed by atoms with Crippen molar-refractivity contribution in [3.8, 4) is 6.07 Å². The first-order valence-corrected chi connectivity index (χ1v) is 8.38. The molecule has 1 aliphatic rings. The van der Waals surface area contributed by atoms with Crippen molar-refractivity contribution >= 4 is 45.9 Å². The normalized spacial score (nSPS) is 15.3. The first-order chi connectivity index (χ1) is 10.5. The Hall–Kier alpha value is -2.05. The number of nitriles is 1. The van der Waals surface area contributed by atoms with E-state index in [0.717, 1.165) is 0 Å². The van der Waals surface area contributed by atoms with Gasteiger partial charge in [-0.05, 0) is 18.4 Å². The summed E-state index contributed by atoms with van der Waals surface area (Å²) in [5.41, 5.74) is 0.358. The van der Waals surface area contributed by atoms with Crippen LogP contribution in [0, 0.1) is 11.3 Å². The molecule has 1 fully saturated rings. The molecule has 2 amide bonds. The zero-order chi connectivity index (χ0) is 16.1. The van der Waals surface area contributed by atoms with E-state index >= 15 is 0 Å². The number of esters is 1.